The number of amides is 1. The Morgan fingerprint density at radius 2 is 1.84 bits per heavy atom. The van der Waals surface area contributed by atoms with Gasteiger partial charge in [-0.2, -0.15) is 0 Å². The number of halogens is 1. The van der Waals surface area contributed by atoms with Crippen LogP contribution in [0.1, 0.15) is 32.3 Å². The first kappa shape index (κ1) is 24.1. The fourth-order valence-corrected chi connectivity index (χ4v) is 5.61. The maximum Gasteiger partial charge on any atom is 0.228 e. The average Bonchev–Trinajstić information content (AvgIpc) is 3.24. The standard InChI is InChI=1S/C24H30ClN3OS2/c1-4-27(5-2)15-16-28(21(29)12-9-17-30-19-10-7-6-8-11-19)24-26-22-18(3)13-14-20(25)23(22)31-24/h6-8,10-11,13-14H,4-5,9,12,15-17H2,1-3H3. The lowest BCUT2D eigenvalue weighted by molar-refractivity contribution is -0.118. The van der Waals surface area contributed by atoms with Crippen LogP contribution in [0.15, 0.2) is 47.4 Å². The molecule has 0 saturated carbocycles. The van der Waals surface area contributed by atoms with Gasteiger partial charge in [-0.15, -0.1) is 11.8 Å². The summed E-state index contributed by atoms with van der Waals surface area (Å²) in [5.41, 5.74) is 1.98. The molecule has 0 radical (unpaired) electrons. The highest BCUT2D eigenvalue weighted by Crippen LogP contribution is 2.36. The highest BCUT2D eigenvalue weighted by molar-refractivity contribution is 7.99. The van der Waals surface area contributed by atoms with Crippen molar-refractivity contribution in [3.63, 3.8) is 0 Å². The van der Waals surface area contributed by atoms with Crippen LogP contribution in [0, 0.1) is 6.92 Å². The predicted octanol–water partition coefficient (Wildman–Crippen LogP) is 6.51. The molecule has 31 heavy (non-hydrogen) atoms. The molecule has 0 saturated heterocycles. The highest BCUT2D eigenvalue weighted by atomic mass is 35.5. The lowest BCUT2D eigenvalue weighted by Gasteiger charge is -2.24. The Morgan fingerprint density at radius 3 is 2.52 bits per heavy atom. The molecule has 3 aromatic rings. The van der Waals surface area contributed by atoms with E-state index in [-0.39, 0.29) is 5.91 Å². The summed E-state index contributed by atoms with van der Waals surface area (Å²) in [7, 11) is 0. The number of aromatic nitrogens is 1. The molecule has 2 aromatic carbocycles. The summed E-state index contributed by atoms with van der Waals surface area (Å²) in [5, 5.41) is 1.44. The van der Waals surface area contributed by atoms with Crippen molar-refractivity contribution >= 4 is 56.0 Å². The Morgan fingerprint density at radius 1 is 1.10 bits per heavy atom. The second kappa shape index (κ2) is 11.9. The fourth-order valence-electron chi connectivity index (χ4n) is 3.38. The quantitative estimate of drug-likeness (QED) is 0.234. The lowest BCUT2D eigenvalue weighted by Crippen LogP contribution is -2.38. The van der Waals surface area contributed by atoms with Crippen LogP contribution in [0.2, 0.25) is 5.02 Å². The second-order valence-electron chi connectivity index (χ2n) is 7.38. The summed E-state index contributed by atoms with van der Waals surface area (Å²) >= 11 is 9.73. The molecule has 0 atom stereocenters. The van der Waals surface area contributed by atoms with Gasteiger partial charge in [0.25, 0.3) is 0 Å². The van der Waals surface area contributed by atoms with Crippen LogP contribution < -0.4 is 4.90 Å². The van der Waals surface area contributed by atoms with E-state index in [0.29, 0.717) is 18.0 Å². The van der Waals surface area contributed by atoms with Crippen LogP contribution in [0.5, 0.6) is 0 Å². The maximum absolute atomic E-state index is 13.2. The predicted molar refractivity (Wildman–Crippen MR) is 136 cm³/mol. The third kappa shape index (κ3) is 6.45. The number of fused-ring (bicyclic) bond motifs is 1. The van der Waals surface area contributed by atoms with Gasteiger partial charge in [0.1, 0.15) is 0 Å². The minimum Gasteiger partial charge on any atom is -0.302 e. The van der Waals surface area contributed by atoms with Crippen molar-refractivity contribution in [2.75, 3.05) is 36.8 Å². The summed E-state index contributed by atoms with van der Waals surface area (Å²) in [6.07, 6.45) is 1.35. The van der Waals surface area contributed by atoms with Gasteiger partial charge in [0.2, 0.25) is 5.91 Å². The monoisotopic (exact) mass is 475 g/mol. The third-order valence-electron chi connectivity index (χ3n) is 5.30. The molecule has 1 aromatic heterocycles. The van der Waals surface area contributed by atoms with Crippen LogP contribution in [-0.4, -0.2) is 47.7 Å². The Labute approximate surface area is 198 Å². The van der Waals surface area contributed by atoms with E-state index in [9.17, 15) is 4.79 Å². The number of aryl methyl sites for hydroxylation is 1. The number of thioether (sulfide) groups is 1. The van der Waals surface area contributed by atoms with Crippen molar-refractivity contribution in [2.24, 2.45) is 0 Å². The highest BCUT2D eigenvalue weighted by Gasteiger charge is 2.21. The van der Waals surface area contributed by atoms with Gasteiger partial charge in [0.15, 0.2) is 5.13 Å². The molecule has 0 aliphatic rings. The summed E-state index contributed by atoms with van der Waals surface area (Å²) in [4.78, 5) is 23.5. The lowest BCUT2D eigenvalue weighted by atomic mass is 10.2. The van der Waals surface area contributed by atoms with Crippen LogP contribution in [-0.2, 0) is 4.79 Å². The number of benzene rings is 2. The Kier molecular flexibility index (Phi) is 9.20. The number of likely N-dealkylation sites (N-methyl/N-ethyl adjacent to an activating group) is 1. The molecule has 166 valence electrons. The number of rotatable bonds is 11. The minimum absolute atomic E-state index is 0.133. The van der Waals surface area contributed by atoms with Crippen LogP contribution in [0.4, 0.5) is 5.13 Å². The van der Waals surface area contributed by atoms with Gasteiger partial charge in [-0.1, -0.05) is 61.1 Å². The van der Waals surface area contributed by atoms with Gasteiger partial charge in [-0.3, -0.25) is 9.69 Å². The number of hydrogen-bond donors (Lipinski definition) is 0. The first-order chi connectivity index (χ1) is 15.0. The third-order valence-corrected chi connectivity index (χ3v) is 7.94. The normalized spacial score (nSPS) is 11.4. The van der Waals surface area contributed by atoms with Crippen molar-refractivity contribution in [1.29, 1.82) is 0 Å². The topological polar surface area (TPSA) is 36.4 Å². The van der Waals surface area contributed by atoms with Crippen molar-refractivity contribution in [3.05, 3.63) is 53.1 Å². The molecule has 0 spiro atoms. The molecule has 0 bridgehead atoms. The van der Waals surface area contributed by atoms with Gasteiger partial charge in [0.05, 0.1) is 15.2 Å². The molecule has 1 amide bonds. The number of thiazole rings is 1. The molecule has 0 aliphatic heterocycles. The van der Waals surface area contributed by atoms with Crippen LogP contribution >= 0.6 is 34.7 Å². The van der Waals surface area contributed by atoms with Gasteiger partial charge in [-0.05, 0) is 55.9 Å². The zero-order valence-corrected chi connectivity index (χ0v) is 20.8. The fraction of sp³-hybridized carbons (Fsp3) is 0.417. The van der Waals surface area contributed by atoms with Crippen molar-refractivity contribution in [1.82, 2.24) is 9.88 Å². The number of hydrogen-bond acceptors (Lipinski definition) is 5. The van der Waals surface area contributed by atoms with Gasteiger partial charge < -0.3 is 4.90 Å². The van der Waals surface area contributed by atoms with Gasteiger partial charge in [0, 0.05) is 24.4 Å². The van der Waals surface area contributed by atoms with Crippen LogP contribution in [0.25, 0.3) is 10.2 Å². The first-order valence-electron chi connectivity index (χ1n) is 10.8. The SMILES string of the molecule is CCN(CC)CCN(C(=O)CCCSc1ccccc1)c1nc2c(C)ccc(Cl)c2s1. The Bertz CT molecular complexity index is 950. The van der Waals surface area contributed by atoms with Crippen molar-refractivity contribution < 1.29 is 4.79 Å². The molecule has 7 heteroatoms. The molecule has 3 rings (SSSR count). The second-order valence-corrected chi connectivity index (χ2v) is 9.93. The average molecular weight is 476 g/mol. The molecule has 1 heterocycles. The molecule has 0 N–H and O–H groups in total. The smallest absolute Gasteiger partial charge is 0.228 e. The molecule has 4 nitrogen and oxygen atoms in total. The number of anilines is 1. The van der Waals surface area contributed by atoms with Crippen molar-refractivity contribution in [2.45, 2.75) is 38.5 Å². The molecule has 0 aliphatic carbocycles. The maximum atomic E-state index is 13.2. The largest absolute Gasteiger partial charge is 0.302 e. The van der Waals surface area contributed by atoms with Crippen LogP contribution in [0.3, 0.4) is 0 Å². The number of carbonyl (C=O) groups excluding carboxylic acids is 1. The molecular formula is C24H30ClN3OS2. The molecule has 0 unspecified atom stereocenters. The Hall–Kier alpha value is -1.60. The summed E-state index contributed by atoms with van der Waals surface area (Å²) < 4.78 is 0.955. The summed E-state index contributed by atoms with van der Waals surface area (Å²) in [5.74, 6) is 1.05. The zero-order valence-electron chi connectivity index (χ0n) is 18.4. The van der Waals surface area contributed by atoms with E-state index in [4.69, 9.17) is 16.6 Å². The van der Waals surface area contributed by atoms with E-state index in [1.54, 1.807) is 11.8 Å². The Balaban J connectivity index is 1.72. The summed E-state index contributed by atoms with van der Waals surface area (Å²) in [6.45, 7) is 9.75. The zero-order chi connectivity index (χ0) is 22.2. The molecular weight excluding hydrogens is 446 g/mol. The van der Waals surface area contributed by atoms with Gasteiger partial charge >= 0.3 is 0 Å². The first-order valence-corrected chi connectivity index (χ1v) is 13.0. The number of nitrogens with zero attached hydrogens (tertiary/aromatic N) is 3. The molecule has 0 fully saturated rings. The van der Waals surface area contributed by atoms with E-state index in [2.05, 4.69) is 30.9 Å². The minimum atomic E-state index is 0.133. The van der Waals surface area contributed by atoms with Gasteiger partial charge in [-0.25, -0.2) is 4.98 Å². The van der Waals surface area contributed by atoms with E-state index < -0.39 is 0 Å². The van der Waals surface area contributed by atoms with E-state index in [1.165, 1.54) is 16.2 Å². The number of carbonyl (C=O) groups is 1. The van der Waals surface area contributed by atoms with E-state index in [0.717, 1.165) is 52.7 Å². The van der Waals surface area contributed by atoms with E-state index in [1.807, 2.05) is 42.2 Å². The van der Waals surface area contributed by atoms with E-state index >= 15 is 0 Å². The summed E-state index contributed by atoms with van der Waals surface area (Å²) in [6, 6.07) is 14.2. The van der Waals surface area contributed by atoms with Crippen molar-refractivity contribution in [3.8, 4) is 0 Å².